The highest BCUT2D eigenvalue weighted by Crippen LogP contribution is 2.31. The number of hydrogen-bond donors (Lipinski definition) is 1. The fraction of sp³-hybridized carbons (Fsp3) is 0.333. The van der Waals surface area contributed by atoms with Gasteiger partial charge in [0.25, 0.3) is 5.91 Å². The highest BCUT2D eigenvalue weighted by molar-refractivity contribution is 14.2. The van der Waals surface area contributed by atoms with Crippen LogP contribution in [-0.2, 0) is 0 Å². The number of nitrogens with zero attached hydrogens (tertiary/aromatic N) is 1. The van der Waals surface area contributed by atoms with Gasteiger partial charge in [-0.15, -0.1) is 0 Å². The molecule has 2 aromatic carbocycles. The molecule has 1 heterocycles. The topological polar surface area (TPSA) is 32.3 Å². The first-order chi connectivity index (χ1) is 12.6. The lowest BCUT2D eigenvalue weighted by Crippen LogP contribution is -2.24. The number of carbonyl (C=O) groups is 1. The van der Waals surface area contributed by atoms with Crippen LogP contribution in [0.5, 0.6) is 0 Å². The van der Waals surface area contributed by atoms with Crippen molar-refractivity contribution >= 4 is 47.7 Å². The summed E-state index contributed by atoms with van der Waals surface area (Å²) in [6.07, 6.45) is 5.02. The third-order valence-corrected chi connectivity index (χ3v) is 7.39. The summed E-state index contributed by atoms with van der Waals surface area (Å²) >= 11 is 6.05. The predicted octanol–water partition coefficient (Wildman–Crippen LogP) is 5.55. The van der Waals surface area contributed by atoms with E-state index in [0.717, 1.165) is 33.9 Å². The molecule has 5 heteroatoms. The summed E-state index contributed by atoms with van der Waals surface area (Å²) in [5.74, 6) is 0.0247. The van der Waals surface area contributed by atoms with Crippen LogP contribution >= 0.6 is 32.6 Å². The number of fused-ring (bicyclic) bond motifs is 1. The van der Waals surface area contributed by atoms with Crippen molar-refractivity contribution in [3.05, 3.63) is 64.2 Å². The van der Waals surface area contributed by atoms with Gasteiger partial charge in [0.05, 0.1) is 5.02 Å². The third-order valence-electron chi connectivity index (χ3n) is 4.61. The Labute approximate surface area is 170 Å². The Balaban J connectivity index is 1.81. The summed E-state index contributed by atoms with van der Waals surface area (Å²) < 4.78 is 4.24. The Hall–Kier alpha value is -1.40. The van der Waals surface area contributed by atoms with Gasteiger partial charge in [0.2, 0.25) is 0 Å². The molecule has 3 rings (SSSR count). The summed E-state index contributed by atoms with van der Waals surface area (Å²) in [5, 5.41) is 0.753. The largest absolute Gasteiger partial charge is 0.375 e. The molecule has 26 heavy (non-hydrogen) atoms. The average molecular weight is 483 g/mol. The molecule has 0 radical (unpaired) electrons. The molecule has 0 saturated carbocycles. The minimum absolute atomic E-state index is 0.0247. The Morgan fingerprint density at radius 3 is 2.54 bits per heavy atom. The smallest absolute Gasteiger partial charge is 0.260 e. The van der Waals surface area contributed by atoms with Crippen LogP contribution in [0.4, 0.5) is 5.69 Å². The summed E-state index contributed by atoms with van der Waals surface area (Å²) in [4.78, 5) is 14.4. The van der Waals surface area contributed by atoms with Gasteiger partial charge in [0.15, 0.2) is 0 Å². The summed E-state index contributed by atoms with van der Waals surface area (Å²) in [5.41, 5.74) is 3.94. The van der Waals surface area contributed by atoms with Crippen LogP contribution in [0, 0.1) is 0 Å². The Morgan fingerprint density at radius 2 is 1.81 bits per heavy atom. The molecule has 0 spiro atoms. The quantitative estimate of drug-likeness (QED) is 0.319. The van der Waals surface area contributed by atoms with Crippen molar-refractivity contribution in [2.45, 2.75) is 32.6 Å². The number of hydrogen-bond acceptors (Lipinski definition) is 2. The molecule has 0 saturated heterocycles. The lowest BCUT2D eigenvalue weighted by Gasteiger charge is -2.22. The maximum Gasteiger partial charge on any atom is 0.260 e. The number of amides is 1. The molecule has 138 valence electrons. The lowest BCUT2D eigenvalue weighted by atomic mass is 9.99. The zero-order valence-electron chi connectivity index (χ0n) is 15.2. The number of unbranched alkanes of at least 4 members (excludes halogenated alkanes) is 3. The molecule has 1 aliphatic rings. The summed E-state index contributed by atoms with van der Waals surface area (Å²) in [6.45, 7) is 3.27. The van der Waals surface area contributed by atoms with E-state index in [1.807, 2.05) is 30.3 Å². The first-order valence-corrected chi connectivity index (χ1v) is 11.6. The maximum absolute atomic E-state index is 12.1. The first-order valence-electron chi connectivity index (χ1n) is 9.03. The fourth-order valence-corrected chi connectivity index (χ4v) is 5.84. The molecule has 0 unspecified atom stereocenters. The van der Waals surface area contributed by atoms with Crippen molar-refractivity contribution in [1.29, 1.82) is 0 Å². The second-order valence-electron chi connectivity index (χ2n) is 6.52. The third kappa shape index (κ3) is 4.29. The van der Waals surface area contributed by atoms with Crippen LogP contribution in [-0.4, -0.2) is 23.0 Å². The van der Waals surface area contributed by atoms with Crippen LogP contribution in [0.15, 0.2) is 42.5 Å². The van der Waals surface area contributed by atoms with Gasteiger partial charge in [-0.3, -0.25) is 8.32 Å². The van der Waals surface area contributed by atoms with E-state index < -0.39 is 21.0 Å². The van der Waals surface area contributed by atoms with Gasteiger partial charge < -0.3 is 4.90 Å². The highest BCUT2D eigenvalue weighted by Gasteiger charge is 2.22. The lowest BCUT2D eigenvalue weighted by molar-refractivity contribution is 0.0989. The van der Waals surface area contributed by atoms with Crippen molar-refractivity contribution < 1.29 is 4.79 Å². The standard InChI is InChI=1S/C21H24ClIN2O/c1-3-4-5-8-13-25(2)15-11-12-18(19(22)14-15)20-16-9-6-7-10-17(16)21(26)24-23-20/h6-7,9-12,14H,3-5,8,13H2,1-2H3,(H,24,26). The summed E-state index contributed by atoms with van der Waals surface area (Å²) in [7, 11) is 2.12. The maximum atomic E-state index is 12.1. The van der Waals surface area contributed by atoms with E-state index in [2.05, 4.69) is 34.5 Å². The Bertz CT molecular complexity index is 835. The van der Waals surface area contributed by atoms with Crippen molar-refractivity contribution in [2.75, 3.05) is 18.5 Å². The number of benzene rings is 2. The van der Waals surface area contributed by atoms with Crippen LogP contribution in [0.3, 0.4) is 0 Å². The molecule has 1 N–H and O–H groups in total. The summed E-state index contributed by atoms with van der Waals surface area (Å²) in [6, 6.07) is 14.1. The van der Waals surface area contributed by atoms with Gasteiger partial charge in [0.1, 0.15) is 0 Å². The SMILES string of the molecule is CCCCCCN(C)c1ccc(C2=INC(=O)c3ccccc32)c(Cl)c1. The number of anilines is 1. The average Bonchev–Trinajstić information content (AvgIpc) is 2.66. The zero-order valence-corrected chi connectivity index (χ0v) is 18.1. The van der Waals surface area contributed by atoms with E-state index in [0.29, 0.717) is 0 Å². The van der Waals surface area contributed by atoms with Crippen molar-refractivity contribution in [1.82, 2.24) is 3.53 Å². The molecule has 0 atom stereocenters. The first kappa shape index (κ1) is 19.4. The van der Waals surface area contributed by atoms with Crippen LogP contribution < -0.4 is 8.43 Å². The minimum Gasteiger partial charge on any atom is -0.375 e. The Kier molecular flexibility index (Phi) is 6.70. The molecular formula is C21H24ClIN2O. The molecule has 0 aromatic heterocycles. The van der Waals surface area contributed by atoms with Crippen molar-refractivity contribution in [2.24, 2.45) is 0 Å². The second-order valence-corrected chi connectivity index (χ2v) is 9.09. The molecule has 0 bridgehead atoms. The number of nitrogens with one attached hydrogen (secondary N) is 1. The van der Waals surface area contributed by atoms with E-state index in [1.165, 1.54) is 29.2 Å². The molecule has 0 aliphatic carbocycles. The monoisotopic (exact) mass is 482 g/mol. The van der Waals surface area contributed by atoms with E-state index >= 15 is 0 Å². The van der Waals surface area contributed by atoms with Gasteiger partial charge >= 0.3 is 0 Å². The van der Waals surface area contributed by atoms with E-state index in [1.54, 1.807) is 0 Å². The normalized spacial score (nSPS) is 13.3. The van der Waals surface area contributed by atoms with E-state index in [9.17, 15) is 4.79 Å². The zero-order chi connectivity index (χ0) is 18.5. The van der Waals surface area contributed by atoms with Gasteiger partial charge in [-0.05, 0) is 24.6 Å². The van der Waals surface area contributed by atoms with Crippen LogP contribution in [0.25, 0.3) is 0 Å². The number of halogens is 2. The number of rotatable bonds is 7. The van der Waals surface area contributed by atoms with Crippen molar-refractivity contribution in [3.8, 4) is 0 Å². The van der Waals surface area contributed by atoms with Crippen molar-refractivity contribution in [3.63, 3.8) is 0 Å². The molecule has 1 amide bonds. The van der Waals surface area contributed by atoms with Gasteiger partial charge in [-0.1, -0.05) is 62.1 Å². The van der Waals surface area contributed by atoms with Gasteiger partial charge in [0, 0.05) is 60.5 Å². The van der Waals surface area contributed by atoms with E-state index in [4.69, 9.17) is 11.6 Å². The fourth-order valence-electron chi connectivity index (χ4n) is 3.08. The van der Waals surface area contributed by atoms with Crippen LogP contribution in [0.1, 0.15) is 54.1 Å². The van der Waals surface area contributed by atoms with Gasteiger partial charge in [-0.25, -0.2) is 0 Å². The number of carbonyl (C=O) groups excluding carboxylic acids is 1. The minimum atomic E-state index is -0.597. The molecule has 1 aliphatic heterocycles. The second kappa shape index (κ2) is 9.00. The predicted molar refractivity (Wildman–Crippen MR) is 120 cm³/mol. The van der Waals surface area contributed by atoms with E-state index in [-0.39, 0.29) is 5.91 Å². The highest BCUT2D eigenvalue weighted by atomic mass is 127. The van der Waals surface area contributed by atoms with Crippen LogP contribution in [0.2, 0.25) is 5.02 Å². The van der Waals surface area contributed by atoms with Gasteiger partial charge in [-0.2, -0.15) is 0 Å². The molecular weight excluding hydrogens is 459 g/mol. The molecule has 2 aromatic rings. The molecule has 0 fully saturated rings. The Morgan fingerprint density at radius 1 is 1.04 bits per heavy atom. The molecule has 3 nitrogen and oxygen atoms in total.